The van der Waals surface area contributed by atoms with Crippen molar-refractivity contribution in [1.82, 2.24) is 20.2 Å². The van der Waals surface area contributed by atoms with Gasteiger partial charge in [0.1, 0.15) is 0 Å². The van der Waals surface area contributed by atoms with Crippen molar-refractivity contribution in [3.05, 3.63) is 35.1 Å². The Morgan fingerprint density at radius 2 is 1.95 bits per heavy atom. The van der Waals surface area contributed by atoms with Gasteiger partial charge in [-0.25, -0.2) is 0 Å². The van der Waals surface area contributed by atoms with Gasteiger partial charge in [0.15, 0.2) is 5.54 Å². The highest BCUT2D eigenvalue weighted by Gasteiger charge is 2.45. The van der Waals surface area contributed by atoms with E-state index in [1.165, 1.54) is 24.2 Å². The fourth-order valence-corrected chi connectivity index (χ4v) is 3.55. The number of hydrogen-bond acceptors (Lipinski definition) is 3. The van der Waals surface area contributed by atoms with Crippen molar-refractivity contribution < 1.29 is 4.90 Å². The van der Waals surface area contributed by atoms with Crippen LogP contribution in [-0.2, 0) is 5.54 Å². The zero-order valence-electron chi connectivity index (χ0n) is 12.5. The molecule has 0 atom stereocenters. The van der Waals surface area contributed by atoms with Crippen molar-refractivity contribution in [3.8, 4) is 5.69 Å². The van der Waals surface area contributed by atoms with E-state index in [1.807, 2.05) is 28.9 Å². The van der Waals surface area contributed by atoms with E-state index in [0.717, 1.165) is 24.4 Å². The number of quaternary nitrogens is 1. The first-order valence-electron chi connectivity index (χ1n) is 7.49. The molecule has 0 saturated heterocycles. The summed E-state index contributed by atoms with van der Waals surface area (Å²) in [6.07, 6.45) is 6.00. The van der Waals surface area contributed by atoms with Crippen molar-refractivity contribution in [3.63, 3.8) is 0 Å². The molecule has 0 aliphatic heterocycles. The summed E-state index contributed by atoms with van der Waals surface area (Å²) < 4.78 is 1.85. The molecule has 0 radical (unpaired) electrons. The van der Waals surface area contributed by atoms with Crippen molar-refractivity contribution in [2.75, 3.05) is 14.1 Å². The number of halogens is 1. The largest absolute Gasteiger partial charge is 0.329 e. The minimum absolute atomic E-state index is 0.00985. The van der Waals surface area contributed by atoms with Gasteiger partial charge in [-0.15, -0.1) is 5.10 Å². The highest BCUT2D eigenvalue weighted by molar-refractivity contribution is 6.30. The van der Waals surface area contributed by atoms with Gasteiger partial charge in [0.2, 0.25) is 5.82 Å². The van der Waals surface area contributed by atoms with E-state index in [0.29, 0.717) is 5.02 Å². The maximum Gasteiger partial charge on any atom is 0.217 e. The van der Waals surface area contributed by atoms with E-state index >= 15 is 0 Å². The zero-order chi connectivity index (χ0) is 14.9. The summed E-state index contributed by atoms with van der Waals surface area (Å²) in [5, 5.41) is 13.2. The second-order valence-electron chi connectivity index (χ2n) is 6.04. The first-order valence-corrected chi connectivity index (χ1v) is 7.87. The quantitative estimate of drug-likeness (QED) is 0.937. The van der Waals surface area contributed by atoms with Gasteiger partial charge in [-0.05, 0) is 41.5 Å². The lowest BCUT2D eigenvalue weighted by Gasteiger charge is -2.38. The Bertz CT molecular complexity index is 616. The molecule has 0 spiro atoms. The fourth-order valence-electron chi connectivity index (χ4n) is 3.37. The lowest BCUT2D eigenvalue weighted by atomic mass is 9.80. The van der Waals surface area contributed by atoms with E-state index < -0.39 is 0 Å². The molecule has 5 nitrogen and oxygen atoms in total. The van der Waals surface area contributed by atoms with Gasteiger partial charge in [0.05, 0.1) is 19.8 Å². The molecule has 0 amide bonds. The number of nitrogens with one attached hydrogen (secondary N) is 1. The molecule has 21 heavy (non-hydrogen) atoms. The third kappa shape index (κ3) is 2.56. The second kappa shape index (κ2) is 5.73. The van der Waals surface area contributed by atoms with Crippen LogP contribution in [-0.4, -0.2) is 34.3 Å². The van der Waals surface area contributed by atoms with E-state index in [2.05, 4.69) is 29.6 Å². The summed E-state index contributed by atoms with van der Waals surface area (Å²) in [6, 6.07) is 7.69. The molecular formula is C15H21ClN5+. The number of benzene rings is 1. The van der Waals surface area contributed by atoms with Crippen LogP contribution in [0.1, 0.15) is 37.9 Å². The first kappa shape index (κ1) is 14.5. The third-order valence-corrected chi connectivity index (χ3v) is 4.85. The van der Waals surface area contributed by atoms with Crippen LogP contribution < -0.4 is 4.90 Å². The standard InChI is InChI=1S/C15H20ClN5/c1-20(2)15(9-4-3-5-10-15)14-17-18-19-21(14)13-8-6-7-12(16)11-13/h6-8,11H,3-5,9-10H2,1-2H3/p+1. The molecule has 6 heteroatoms. The molecule has 1 aliphatic rings. The minimum atomic E-state index is -0.00985. The maximum absolute atomic E-state index is 6.11. The minimum Gasteiger partial charge on any atom is -0.329 e. The van der Waals surface area contributed by atoms with Crippen molar-refractivity contribution in [1.29, 1.82) is 0 Å². The molecule has 0 bridgehead atoms. The van der Waals surface area contributed by atoms with Crippen LogP contribution in [0.25, 0.3) is 5.69 Å². The Hall–Kier alpha value is -1.46. The molecule has 0 unspecified atom stereocenters. The summed E-state index contributed by atoms with van der Waals surface area (Å²) in [6.45, 7) is 0. The lowest BCUT2D eigenvalue weighted by molar-refractivity contribution is -0.927. The monoisotopic (exact) mass is 306 g/mol. The van der Waals surface area contributed by atoms with Crippen LogP contribution in [0, 0.1) is 0 Å². The van der Waals surface area contributed by atoms with Crippen LogP contribution in [0.4, 0.5) is 0 Å². The molecule has 1 fully saturated rings. The van der Waals surface area contributed by atoms with Gasteiger partial charge in [-0.2, -0.15) is 4.68 Å². The molecule has 1 heterocycles. The topological polar surface area (TPSA) is 48.0 Å². The Morgan fingerprint density at radius 3 is 2.62 bits per heavy atom. The summed E-state index contributed by atoms with van der Waals surface area (Å²) in [7, 11) is 4.39. The Kier molecular flexibility index (Phi) is 3.95. The van der Waals surface area contributed by atoms with Gasteiger partial charge < -0.3 is 4.90 Å². The molecule has 1 aromatic heterocycles. The Balaban J connectivity index is 2.08. The van der Waals surface area contributed by atoms with Gasteiger partial charge >= 0.3 is 0 Å². The number of hydrogen-bond donors (Lipinski definition) is 1. The molecule has 112 valence electrons. The zero-order valence-corrected chi connectivity index (χ0v) is 13.3. The molecule has 3 rings (SSSR count). The van der Waals surface area contributed by atoms with E-state index in [1.54, 1.807) is 0 Å². The van der Waals surface area contributed by atoms with Crippen LogP contribution in [0.15, 0.2) is 24.3 Å². The summed E-state index contributed by atoms with van der Waals surface area (Å²) in [5.41, 5.74) is 0.915. The lowest BCUT2D eigenvalue weighted by Crippen LogP contribution is -3.14. The average molecular weight is 307 g/mol. The second-order valence-corrected chi connectivity index (χ2v) is 6.47. The highest BCUT2D eigenvalue weighted by Crippen LogP contribution is 2.33. The van der Waals surface area contributed by atoms with Crippen LogP contribution >= 0.6 is 11.6 Å². The number of tetrazole rings is 1. The predicted molar refractivity (Wildman–Crippen MR) is 81.7 cm³/mol. The van der Waals surface area contributed by atoms with Crippen molar-refractivity contribution in [2.45, 2.75) is 37.6 Å². The highest BCUT2D eigenvalue weighted by atomic mass is 35.5. The normalized spacial score (nSPS) is 18.1. The van der Waals surface area contributed by atoms with Crippen LogP contribution in [0.2, 0.25) is 5.02 Å². The van der Waals surface area contributed by atoms with E-state index in [-0.39, 0.29) is 5.54 Å². The van der Waals surface area contributed by atoms with Gasteiger partial charge in [-0.1, -0.05) is 24.1 Å². The number of nitrogens with zero attached hydrogens (tertiary/aromatic N) is 4. The van der Waals surface area contributed by atoms with E-state index in [4.69, 9.17) is 11.6 Å². The van der Waals surface area contributed by atoms with Gasteiger partial charge in [0.25, 0.3) is 0 Å². The summed E-state index contributed by atoms with van der Waals surface area (Å²) in [4.78, 5) is 1.39. The van der Waals surface area contributed by atoms with Gasteiger partial charge in [-0.3, -0.25) is 0 Å². The molecule has 1 aromatic carbocycles. The molecule has 2 aromatic rings. The fraction of sp³-hybridized carbons (Fsp3) is 0.533. The van der Waals surface area contributed by atoms with E-state index in [9.17, 15) is 0 Å². The number of rotatable bonds is 3. The molecular weight excluding hydrogens is 286 g/mol. The maximum atomic E-state index is 6.11. The molecule has 1 N–H and O–H groups in total. The predicted octanol–water partition coefficient (Wildman–Crippen LogP) is 1.62. The number of aromatic nitrogens is 4. The molecule has 1 aliphatic carbocycles. The van der Waals surface area contributed by atoms with Crippen molar-refractivity contribution in [2.24, 2.45) is 0 Å². The van der Waals surface area contributed by atoms with Gasteiger partial charge in [0, 0.05) is 17.9 Å². The summed E-state index contributed by atoms with van der Waals surface area (Å²) in [5.74, 6) is 0.949. The first-order chi connectivity index (χ1) is 10.1. The Labute approximate surface area is 129 Å². The van der Waals surface area contributed by atoms with Crippen LogP contribution in [0.5, 0.6) is 0 Å². The van der Waals surface area contributed by atoms with Crippen LogP contribution in [0.3, 0.4) is 0 Å². The summed E-state index contributed by atoms with van der Waals surface area (Å²) >= 11 is 6.11. The smallest absolute Gasteiger partial charge is 0.217 e. The average Bonchev–Trinajstić information content (AvgIpc) is 2.97. The third-order valence-electron chi connectivity index (χ3n) is 4.61. The Morgan fingerprint density at radius 1 is 1.19 bits per heavy atom. The molecule has 1 saturated carbocycles. The van der Waals surface area contributed by atoms with Crippen molar-refractivity contribution >= 4 is 11.6 Å². The SMILES string of the molecule is C[NH+](C)C1(c2nnnn2-c2cccc(Cl)c2)CCCCC1.